The standard InChI is InChI=1S/C12H20B/c1-5-11(3)13(4)12-8-6-10(2)7-9-12/h6-9,11,13H,5H2,1-4H3/q-1. The van der Waals surface area contributed by atoms with E-state index in [1.807, 2.05) is 0 Å². The Morgan fingerprint density at radius 1 is 1.23 bits per heavy atom. The normalized spacial score (nSPS) is 15.4. The van der Waals surface area contributed by atoms with Crippen LogP contribution in [0, 0.1) is 6.92 Å². The Bertz CT molecular complexity index is 250. The highest BCUT2D eigenvalue weighted by Gasteiger charge is 2.05. The second-order valence-corrected chi connectivity index (χ2v) is 4.46. The summed E-state index contributed by atoms with van der Waals surface area (Å²) in [5.41, 5.74) is 2.92. The zero-order valence-corrected chi connectivity index (χ0v) is 9.30. The third-order valence-electron chi connectivity index (χ3n) is 3.51. The van der Waals surface area contributed by atoms with Crippen LogP contribution >= 0.6 is 0 Å². The smallest absolute Gasteiger partial charge is 0.0119 e. The fourth-order valence-electron chi connectivity index (χ4n) is 1.80. The van der Waals surface area contributed by atoms with E-state index in [0.717, 1.165) is 5.82 Å². The maximum atomic E-state index is 2.40. The van der Waals surface area contributed by atoms with Crippen LogP contribution in [0.2, 0.25) is 12.6 Å². The third kappa shape index (κ3) is 2.62. The van der Waals surface area contributed by atoms with Gasteiger partial charge in [0.2, 0.25) is 0 Å². The zero-order chi connectivity index (χ0) is 9.84. The van der Waals surface area contributed by atoms with Gasteiger partial charge in [0.05, 0.1) is 0 Å². The number of benzene rings is 1. The second-order valence-electron chi connectivity index (χ2n) is 4.46. The van der Waals surface area contributed by atoms with Crippen LogP contribution in [0.1, 0.15) is 25.8 Å². The van der Waals surface area contributed by atoms with Crippen LogP contribution in [0.5, 0.6) is 0 Å². The number of hydrogen-bond donors (Lipinski definition) is 0. The molecule has 2 unspecified atom stereocenters. The van der Waals surface area contributed by atoms with Gasteiger partial charge in [-0.05, 0) is 6.92 Å². The van der Waals surface area contributed by atoms with Crippen molar-refractivity contribution < 1.29 is 0 Å². The summed E-state index contributed by atoms with van der Waals surface area (Å²) in [6.07, 6.45) is 1.30. The first-order chi connectivity index (χ1) is 6.15. The van der Waals surface area contributed by atoms with Crippen LogP contribution in [0.25, 0.3) is 0 Å². The van der Waals surface area contributed by atoms with E-state index < -0.39 is 0 Å². The molecule has 0 saturated carbocycles. The molecule has 0 amide bonds. The molecule has 0 N–H and O–H groups in total. The highest BCUT2D eigenvalue weighted by atomic mass is 13.9. The summed E-state index contributed by atoms with van der Waals surface area (Å²) >= 11 is 0. The molecule has 0 bridgehead atoms. The molecule has 0 aliphatic carbocycles. The predicted molar refractivity (Wildman–Crippen MR) is 63.5 cm³/mol. The molecular weight excluding hydrogens is 155 g/mol. The lowest BCUT2D eigenvalue weighted by atomic mass is 9.39. The molecule has 13 heavy (non-hydrogen) atoms. The van der Waals surface area contributed by atoms with Crippen LogP contribution in [0.15, 0.2) is 24.3 Å². The maximum absolute atomic E-state index is 2.40. The summed E-state index contributed by atoms with van der Waals surface area (Å²) < 4.78 is 0. The summed E-state index contributed by atoms with van der Waals surface area (Å²) in [6.45, 7) is 9.06. The van der Waals surface area contributed by atoms with E-state index >= 15 is 0 Å². The lowest BCUT2D eigenvalue weighted by Crippen LogP contribution is -2.30. The Balaban J connectivity index is 2.77. The van der Waals surface area contributed by atoms with E-state index in [1.54, 1.807) is 5.46 Å². The van der Waals surface area contributed by atoms with Gasteiger partial charge in [0.1, 0.15) is 0 Å². The van der Waals surface area contributed by atoms with Crippen molar-refractivity contribution in [3.8, 4) is 0 Å². The van der Waals surface area contributed by atoms with Crippen LogP contribution < -0.4 is 5.46 Å². The van der Waals surface area contributed by atoms with Crippen molar-refractivity contribution in [3.05, 3.63) is 29.8 Å². The van der Waals surface area contributed by atoms with Gasteiger partial charge in [-0.2, -0.15) is 12.6 Å². The third-order valence-corrected chi connectivity index (χ3v) is 3.51. The summed E-state index contributed by atoms with van der Waals surface area (Å²) in [7, 11) is 0. The van der Waals surface area contributed by atoms with Crippen molar-refractivity contribution in [1.82, 2.24) is 0 Å². The van der Waals surface area contributed by atoms with Gasteiger partial charge in [-0.15, -0.1) is 0 Å². The zero-order valence-electron chi connectivity index (χ0n) is 9.30. The summed E-state index contributed by atoms with van der Waals surface area (Å²) in [6, 6.07) is 9.03. The first kappa shape index (κ1) is 10.4. The number of rotatable bonds is 3. The first-order valence-corrected chi connectivity index (χ1v) is 5.48. The highest BCUT2D eigenvalue weighted by molar-refractivity contribution is 6.73. The molecular formula is C12H20B-. The van der Waals surface area contributed by atoms with E-state index in [1.165, 1.54) is 12.0 Å². The minimum atomic E-state index is -0.131. The largest absolute Gasteiger partial charge is 0.213 e. The molecule has 2 atom stereocenters. The molecule has 0 saturated heterocycles. The molecule has 0 aliphatic heterocycles. The van der Waals surface area contributed by atoms with Crippen molar-refractivity contribution >= 4 is 12.2 Å². The lowest BCUT2D eigenvalue weighted by Gasteiger charge is -2.25. The maximum Gasteiger partial charge on any atom is 0.0119 e. The fourth-order valence-corrected chi connectivity index (χ4v) is 1.80. The van der Waals surface area contributed by atoms with Gasteiger partial charge in [0.15, 0.2) is 0 Å². The van der Waals surface area contributed by atoms with Crippen LogP contribution in [0.3, 0.4) is 0 Å². The van der Waals surface area contributed by atoms with Crippen molar-refractivity contribution in [2.24, 2.45) is 0 Å². The molecule has 0 radical (unpaired) electrons. The molecule has 0 aromatic heterocycles. The number of aryl methyl sites for hydroxylation is 1. The van der Waals surface area contributed by atoms with Crippen molar-refractivity contribution in [2.75, 3.05) is 0 Å². The Morgan fingerprint density at radius 3 is 2.23 bits per heavy atom. The van der Waals surface area contributed by atoms with Gasteiger partial charge in [0.25, 0.3) is 0 Å². The Morgan fingerprint density at radius 2 is 1.77 bits per heavy atom. The Hall–Kier alpha value is -0.715. The summed E-state index contributed by atoms with van der Waals surface area (Å²) in [4.78, 5) is 0. The van der Waals surface area contributed by atoms with Gasteiger partial charge in [0, 0.05) is 6.71 Å². The average molecular weight is 175 g/mol. The topological polar surface area (TPSA) is 0 Å². The molecule has 0 nitrogen and oxygen atoms in total. The average Bonchev–Trinajstić information content (AvgIpc) is 2.17. The lowest BCUT2D eigenvalue weighted by molar-refractivity contribution is 0.863. The van der Waals surface area contributed by atoms with E-state index in [2.05, 4.69) is 51.9 Å². The van der Waals surface area contributed by atoms with E-state index in [0.29, 0.717) is 0 Å². The minimum Gasteiger partial charge on any atom is -0.213 e. The second kappa shape index (κ2) is 4.50. The monoisotopic (exact) mass is 175 g/mol. The van der Waals surface area contributed by atoms with Crippen LogP contribution in [-0.2, 0) is 0 Å². The van der Waals surface area contributed by atoms with E-state index in [9.17, 15) is 0 Å². The predicted octanol–water partition coefficient (Wildman–Crippen LogP) is 2.86. The van der Waals surface area contributed by atoms with Gasteiger partial charge in [-0.25, -0.2) is 5.46 Å². The molecule has 0 spiro atoms. The van der Waals surface area contributed by atoms with Gasteiger partial charge in [-0.3, -0.25) is 0 Å². The highest BCUT2D eigenvalue weighted by Crippen LogP contribution is 2.13. The summed E-state index contributed by atoms with van der Waals surface area (Å²) in [5.74, 6) is 0.864. The molecule has 0 fully saturated rings. The first-order valence-electron chi connectivity index (χ1n) is 5.48. The quantitative estimate of drug-likeness (QED) is 0.619. The molecule has 0 aliphatic rings. The molecule has 1 aromatic rings. The van der Waals surface area contributed by atoms with Crippen molar-refractivity contribution in [3.63, 3.8) is 0 Å². The van der Waals surface area contributed by atoms with E-state index in [-0.39, 0.29) is 6.71 Å². The van der Waals surface area contributed by atoms with Crippen molar-refractivity contribution in [1.29, 1.82) is 0 Å². The molecule has 0 heterocycles. The fraction of sp³-hybridized carbons (Fsp3) is 0.500. The summed E-state index contributed by atoms with van der Waals surface area (Å²) in [5, 5.41) is 0. The van der Waals surface area contributed by atoms with Gasteiger partial charge >= 0.3 is 0 Å². The minimum absolute atomic E-state index is 0.131. The van der Waals surface area contributed by atoms with Crippen molar-refractivity contribution in [2.45, 2.75) is 39.8 Å². The molecule has 1 aromatic carbocycles. The molecule has 1 rings (SSSR count). The van der Waals surface area contributed by atoms with Crippen LogP contribution in [-0.4, -0.2) is 6.71 Å². The SMILES string of the molecule is CCC(C)[BH-](C)c1ccc(C)cc1. The van der Waals surface area contributed by atoms with E-state index in [4.69, 9.17) is 0 Å². The molecule has 72 valence electrons. The number of hydrogen-bond acceptors (Lipinski definition) is 0. The van der Waals surface area contributed by atoms with Crippen LogP contribution in [0.4, 0.5) is 0 Å². The Kier molecular flexibility index (Phi) is 3.59. The van der Waals surface area contributed by atoms with Gasteiger partial charge < -0.3 is 0 Å². The Labute approximate surface area is 82.4 Å². The van der Waals surface area contributed by atoms with Gasteiger partial charge in [-0.1, -0.05) is 50.1 Å². The molecule has 1 heteroatoms.